The van der Waals surface area contributed by atoms with Gasteiger partial charge >= 0.3 is 0 Å². The number of hydrogen-bond acceptors (Lipinski definition) is 5. The van der Waals surface area contributed by atoms with Gasteiger partial charge < -0.3 is 10.1 Å². The molecule has 2 saturated heterocycles. The molecule has 1 amide bonds. The van der Waals surface area contributed by atoms with Gasteiger partial charge in [-0.3, -0.25) is 14.1 Å². The molecule has 4 rings (SSSR count). The predicted molar refractivity (Wildman–Crippen MR) is 93.6 cm³/mol. The third-order valence-electron chi connectivity index (χ3n) is 4.87. The Kier molecular flexibility index (Phi) is 4.47. The lowest BCUT2D eigenvalue weighted by Crippen LogP contribution is -2.50. The maximum Gasteiger partial charge on any atom is 0.272 e. The molecule has 2 aromatic rings. The van der Waals surface area contributed by atoms with Crippen LogP contribution in [0.25, 0.3) is 5.52 Å². The molecule has 0 aromatic carbocycles. The number of imidazole rings is 1. The molecular weight excluding hydrogens is 324 g/mol. The summed E-state index contributed by atoms with van der Waals surface area (Å²) in [7, 11) is 0. The molecule has 2 aliphatic rings. The zero-order valence-corrected chi connectivity index (χ0v) is 14.6. The number of thioether (sulfide) groups is 1. The lowest BCUT2D eigenvalue weighted by molar-refractivity contribution is -0.0461. The second kappa shape index (κ2) is 6.74. The molecule has 6 nitrogen and oxygen atoms in total. The summed E-state index contributed by atoms with van der Waals surface area (Å²) < 4.78 is 7.86. The number of morpholine rings is 1. The van der Waals surface area contributed by atoms with Gasteiger partial charge in [0.2, 0.25) is 0 Å². The Balaban J connectivity index is 1.43. The van der Waals surface area contributed by atoms with Crippen molar-refractivity contribution in [3.63, 3.8) is 0 Å². The van der Waals surface area contributed by atoms with Crippen molar-refractivity contribution < 1.29 is 9.53 Å². The summed E-state index contributed by atoms with van der Waals surface area (Å²) in [5, 5.41) is 3.83. The number of amides is 1. The van der Waals surface area contributed by atoms with Crippen LogP contribution < -0.4 is 5.32 Å². The van der Waals surface area contributed by atoms with E-state index in [0.29, 0.717) is 18.3 Å². The lowest BCUT2D eigenvalue weighted by Gasteiger charge is -2.35. The number of carbonyl (C=O) groups excluding carboxylic acids is 1. The molecule has 2 fully saturated rings. The Bertz CT molecular complexity index is 747. The highest BCUT2D eigenvalue weighted by molar-refractivity contribution is 7.98. The SMILES string of the molecule is CSc1nc(C(=O)NC[C@H]2CN3CCC[C@@H]3CO2)c2ccccn12. The van der Waals surface area contributed by atoms with Crippen LogP contribution in [-0.2, 0) is 4.74 Å². The Morgan fingerprint density at radius 3 is 3.29 bits per heavy atom. The molecule has 0 bridgehead atoms. The first-order valence-electron chi connectivity index (χ1n) is 8.41. The van der Waals surface area contributed by atoms with Crippen molar-refractivity contribution in [2.45, 2.75) is 30.1 Å². The van der Waals surface area contributed by atoms with Gasteiger partial charge in [0.05, 0.1) is 18.2 Å². The molecule has 4 heterocycles. The van der Waals surface area contributed by atoms with Crippen LogP contribution in [0.3, 0.4) is 0 Å². The quantitative estimate of drug-likeness (QED) is 0.853. The molecule has 2 aromatic heterocycles. The Morgan fingerprint density at radius 1 is 1.50 bits per heavy atom. The van der Waals surface area contributed by atoms with Crippen molar-refractivity contribution in [2.75, 3.05) is 32.5 Å². The minimum atomic E-state index is -0.133. The number of fused-ring (bicyclic) bond motifs is 2. The van der Waals surface area contributed by atoms with Crippen LogP contribution in [0, 0.1) is 0 Å². The molecular formula is C17H22N4O2S. The van der Waals surface area contributed by atoms with Crippen LogP contribution in [0.2, 0.25) is 0 Å². The van der Waals surface area contributed by atoms with Crippen molar-refractivity contribution >= 4 is 23.2 Å². The molecule has 0 spiro atoms. The van der Waals surface area contributed by atoms with Crippen LogP contribution in [0.1, 0.15) is 23.3 Å². The average Bonchev–Trinajstić information content (AvgIpc) is 3.23. The fraction of sp³-hybridized carbons (Fsp3) is 0.529. The second-order valence-electron chi connectivity index (χ2n) is 6.36. The molecule has 0 radical (unpaired) electrons. The number of nitrogens with one attached hydrogen (secondary N) is 1. The summed E-state index contributed by atoms with van der Waals surface area (Å²) in [6.07, 6.45) is 6.45. The molecule has 1 N–H and O–H groups in total. The van der Waals surface area contributed by atoms with E-state index in [9.17, 15) is 4.79 Å². The highest BCUT2D eigenvalue weighted by Crippen LogP contribution is 2.23. The first-order valence-corrected chi connectivity index (χ1v) is 9.63. The van der Waals surface area contributed by atoms with Gasteiger partial charge in [-0.2, -0.15) is 0 Å². The van der Waals surface area contributed by atoms with E-state index in [1.165, 1.54) is 24.6 Å². The first-order chi connectivity index (χ1) is 11.8. The molecule has 24 heavy (non-hydrogen) atoms. The summed E-state index contributed by atoms with van der Waals surface area (Å²) >= 11 is 1.53. The largest absolute Gasteiger partial charge is 0.373 e. The summed E-state index contributed by atoms with van der Waals surface area (Å²) in [5.74, 6) is -0.133. The Hall–Kier alpha value is -1.57. The van der Waals surface area contributed by atoms with Crippen molar-refractivity contribution in [2.24, 2.45) is 0 Å². The van der Waals surface area contributed by atoms with Gasteiger partial charge in [-0.25, -0.2) is 4.98 Å². The molecule has 0 saturated carbocycles. The van der Waals surface area contributed by atoms with Gasteiger partial charge in [0.25, 0.3) is 5.91 Å². The summed E-state index contributed by atoms with van der Waals surface area (Å²) in [6, 6.07) is 6.37. The molecule has 0 unspecified atom stereocenters. The summed E-state index contributed by atoms with van der Waals surface area (Å²) in [5.41, 5.74) is 1.32. The van der Waals surface area contributed by atoms with Crippen LogP contribution in [0.5, 0.6) is 0 Å². The third-order valence-corrected chi connectivity index (χ3v) is 5.52. The summed E-state index contributed by atoms with van der Waals surface area (Å²) in [4.78, 5) is 19.6. The van der Waals surface area contributed by atoms with E-state index in [1.54, 1.807) is 0 Å². The number of nitrogens with zero attached hydrogens (tertiary/aromatic N) is 3. The van der Waals surface area contributed by atoms with Crippen molar-refractivity contribution in [3.05, 3.63) is 30.1 Å². The zero-order valence-electron chi connectivity index (χ0n) is 13.8. The van der Waals surface area contributed by atoms with Crippen LogP contribution in [0.4, 0.5) is 0 Å². The zero-order chi connectivity index (χ0) is 16.5. The number of aromatic nitrogens is 2. The van der Waals surface area contributed by atoms with Gasteiger partial charge in [0, 0.05) is 25.3 Å². The molecule has 2 aliphatic heterocycles. The number of pyridine rings is 1. The normalized spacial score (nSPS) is 24.2. The number of hydrogen-bond donors (Lipinski definition) is 1. The van der Waals surface area contributed by atoms with Crippen molar-refractivity contribution in [1.82, 2.24) is 19.6 Å². The summed E-state index contributed by atoms with van der Waals surface area (Å²) in [6.45, 7) is 3.37. The minimum Gasteiger partial charge on any atom is -0.373 e. The topological polar surface area (TPSA) is 58.9 Å². The van der Waals surface area contributed by atoms with E-state index in [0.717, 1.165) is 30.4 Å². The van der Waals surface area contributed by atoms with E-state index < -0.39 is 0 Å². The number of carbonyl (C=O) groups is 1. The van der Waals surface area contributed by atoms with Gasteiger partial charge in [-0.1, -0.05) is 17.8 Å². The van der Waals surface area contributed by atoms with Gasteiger partial charge in [-0.15, -0.1) is 0 Å². The van der Waals surface area contributed by atoms with Crippen molar-refractivity contribution in [3.8, 4) is 0 Å². The van der Waals surface area contributed by atoms with Gasteiger partial charge in [0.1, 0.15) is 0 Å². The second-order valence-corrected chi connectivity index (χ2v) is 7.13. The maximum atomic E-state index is 12.6. The van der Waals surface area contributed by atoms with E-state index >= 15 is 0 Å². The lowest BCUT2D eigenvalue weighted by atomic mass is 10.2. The van der Waals surface area contributed by atoms with Crippen LogP contribution >= 0.6 is 11.8 Å². The molecule has 0 aliphatic carbocycles. The standard InChI is InChI=1S/C17H22N4O2S/c1-24-17-19-15(14-6-2-3-8-21(14)17)16(22)18-9-13-10-20-7-4-5-12(20)11-23-13/h2-3,6,8,12-13H,4-5,7,9-11H2,1H3,(H,18,22)/t12-,13+/m1/s1. The van der Waals surface area contributed by atoms with Gasteiger partial charge in [-0.05, 0) is 37.8 Å². The maximum absolute atomic E-state index is 12.6. The number of rotatable bonds is 4. The smallest absolute Gasteiger partial charge is 0.272 e. The van der Waals surface area contributed by atoms with Crippen molar-refractivity contribution in [1.29, 1.82) is 0 Å². The van der Waals surface area contributed by atoms with E-state index in [-0.39, 0.29) is 12.0 Å². The van der Waals surface area contributed by atoms with Gasteiger partial charge in [0.15, 0.2) is 10.9 Å². The fourth-order valence-corrected chi connectivity index (χ4v) is 4.16. The molecule has 128 valence electrons. The van der Waals surface area contributed by atoms with E-state index in [2.05, 4.69) is 15.2 Å². The Labute approximate surface area is 145 Å². The fourth-order valence-electron chi connectivity index (χ4n) is 3.62. The van der Waals surface area contributed by atoms with E-state index in [1.807, 2.05) is 35.1 Å². The average molecular weight is 346 g/mol. The van der Waals surface area contributed by atoms with Crippen LogP contribution in [-0.4, -0.2) is 64.8 Å². The minimum absolute atomic E-state index is 0.0669. The van der Waals surface area contributed by atoms with E-state index in [4.69, 9.17) is 4.74 Å². The monoisotopic (exact) mass is 346 g/mol. The highest BCUT2D eigenvalue weighted by atomic mass is 32.2. The molecule has 2 atom stereocenters. The Morgan fingerprint density at radius 2 is 2.42 bits per heavy atom. The molecule has 7 heteroatoms. The predicted octanol–water partition coefficient (Wildman–Crippen LogP) is 1.65. The number of ether oxygens (including phenoxy) is 1. The third kappa shape index (κ3) is 2.92. The highest BCUT2D eigenvalue weighted by Gasteiger charge is 2.32. The van der Waals surface area contributed by atoms with Crippen LogP contribution in [0.15, 0.2) is 29.6 Å². The first kappa shape index (κ1) is 15.9.